The summed E-state index contributed by atoms with van der Waals surface area (Å²) in [6.45, 7) is 0. The van der Waals surface area contributed by atoms with Crippen molar-refractivity contribution in [1.82, 2.24) is 5.32 Å². The summed E-state index contributed by atoms with van der Waals surface area (Å²) in [5, 5.41) is 3.19. The van der Waals surface area contributed by atoms with Gasteiger partial charge in [0, 0.05) is 11.6 Å². The fraction of sp³-hybridized carbons (Fsp3) is 0.600. The third-order valence-electron chi connectivity index (χ3n) is 3.17. The molecular formula is C10H17N3. The van der Waals surface area contributed by atoms with Gasteiger partial charge in [-0.3, -0.25) is 0 Å². The van der Waals surface area contributed by atoms with E-state index < -0.39 is 5.66 Å². The Hall–Kier alpha value is -0.960. The second-order valence-electron chi connectivity index (χ2n) is 3.98. The zero-order chi connectivity index (χ0) is 9.31. The molecule has 1 aliphatic heterocycles. The van der Waals surface area contributed by atoms with Crippen LogP contribution in [0.25, 0.3) is 0 Å². The topological polar surface area (TPSA) is 64.1 Å². The highest BCUT2D eigenvalue weighted by Gasteiger charge is 2.38. The van der Waals surface area contributed by atoms with Gasteiger partial charge in [-0.15, -0.1) is 0 Å². The molecular weight excluding hydrogens is 162 g/mol. The zero-order valence-electron chi connectivity index (χ0n) is 7.79. The zero-order valence-corrected chi connectivity index (χ0v) is 7.79. The molecule has 0 aromatic heterocycles. The van der Waals surface area contributed by atoms with Gasteiger partial charge >= 0.3 is 0 Å². The van der Waals surface area contributed by atoms with E-state index in [1.807, 2.05) is 18.4 Å². The first-order chi connectivity index (χ1) is 6.23. The molecule has 0 spiro atoms. The lowest BCUT2D eigenvalue weighted by molar-refractivity contribution is 0.283. The molecule has 72 valence electrons. The maximum Gasteiger partial charge on any atom is 0.129 e. The van der Waals surface area contributed by atoms with Gasteiger partial charge < -0.3 is 16.8 Å². The molecule has 3 heteroatoms. The van der Waals surface area contributed by atoms with E-state index in [2.05, 4.69) is 5.32 Å². The molecule has 1 aliphatic carbocycles. The van der Waals surface area contributed by atoms with Crippen molar-refractivity contribution < 1.29 is 0 Å². The van der Waals surface area contributed by atoms with Crippen molar-refractivity contribution in [1.29, 1.82) is 0 Å². The van der Waals surface area contributed by atoms with Crippen molar-refractivity contribution in [3.63, 3.8) is 0 Å². The lowest BCUT2D eigenvalue weighted by Crippen LogP contribution is -2.60. The molecule has 1 unspecified atom stereocenters. The summed E-state index contributed by atoms with van der Waals surface area (Å²) in [6.07, 6.45) is 10.6. The van der Waals surface area contributed by atoms with Crippen LogP contribution in [-0.2, 0) is 0 Å². The van der Waals surface area contributed by atoms with Crippen LogP contribution in [-0.4, -0.2) is 5.66 Å². The van der Waals surface area contributed by atoms with Crippen molar-refractivity contribution in [2.75, 3.05) is 0 Å². The van der Waals surface area contributed by atoms with Crippen LogP contribution in [0.2, 0.25) is 0 Å². The number of hydrogen-bond donors (Lipinski definition) is 3. The van der Waals surface area contributed by atoms with Crippen molar-refractivity contribution in [2.45, 2.75) is 31.3 Å². The summed E-state index contributed by atoms with van der Waals surface area (Å²) in [5.74, 6) is 0.494. The van der Waals surface area contributed by atoms with Gasteiger partial charge in [0.1, 0.15) is 5.66 Å². The third-order valence-corrected chi connectivity index (χ3v) is 3.17. The Morgan fingerprint density at radius 3 is 2.69 bits per heavy atom. The number of nitrogens with two attached hydrogens (primary N) is 2. The first-order valence-corrected chi connectivity index (χ1v) is 4.93. The smallest absolute Gasteiger partial charge is 0.129 e. The Morgan fingerprint density at radius 1 is 1.38 bits per heavy atom. The Labute approximate surface area is 78.9 Å². The molecule has 1 saturated carbocycles. The second kappa shape index (κ2) is 3.07. The van der Waals surface area contributed by atoms with E-state index in [1.165, 1.54) is 25.7 Å². The summed E-state index contributed by atoms with van der Waals surface area (Å²) in [6, 6.07) is 0. The van der Waals surface area contributed by atoms with E-state index in [0.717, 1.165) is 5.70 Å². The van der Waals surface area contributed by atoms with Crippen LogP contribution in [0.15, 0.2) is 24.0 Å². The minimum atomic E-state index is -0.481. The summed E-state index contributed by atoms with van der Waals surface area (Å²) < 4.78 is 0. The van der Waals surface area contributed by atoms with Crippen LogP contribution in [0.1, 0.15) is 25.7 Å². The third kappa shape index (κ3) is 1.33. The molecule has 0 amide bonds. The molecule has 3 nitrogen and oxygen atoms in total. The van der Waals surface area contributed by atoms with E-state index in [-0.39, 0.29) is 0 Å². The van der Waals surface area contributed by atoms with Crippen LogP contribution < -0.4 is 16.8 Å². The van der Waals surface area contributed by atoms with E-state index in [4.69, 9.17) is 11.5 Å². The highest BCUT2D eigenvalue weighted by Crippen LogP contribution is 2.34. The van der Waals surface area contributed by atoms with E-state index in [1.54, 1.807) is 0 Å². The molecule has 1 heterocycles. The average Bonchev–Trinajstić information content (AvgIpc) is 2.63. The van der Waals surface area contributed by atoms with E-state index in [9.17, 15) is 0 Å². The molecule has 13 heavy (non-hydrogen) atoms. The number of rotatable bonds is 1. The minimum Gasteiger partial charge on any atom is -0.399 e. The molecule has 0 saturated heterocycles. The number of dihydropyridines is 1. The van der Waals surface area contributed by atoms with Crippen molar-refractivity contribution in [3.8, 4) is 0 Å². The van der Waals surface area contributed by atoms with Crippen LogP contribution in [0, 0.1) is 5.92 Å². The molecule has 0 aromatic carbocycles. The molecule has 2 aliphatic rings. The Bertz CT molecular complexity index is 251. The summed E-state index contributed by atoms with van der Waals surface area (Å²) in [5.41, 5.74) is 12.5. The maximum absolute atomic E-state index is 6.25. The van der Waals surface area contributed by atoms with Crippen LogP contribution in [0.3, 0.4) is 0 Å². The molecule has 0 bridgehead atoms. The monoisotopic (exact) mass is 179 g/mol. The predicted molar refractivity (Wildman–Crippen MR) is 53.4 cm³/mol. The first kappa shape index (κ1) is 8.63. The maximum atomic E-state index is 6.25. The van der Waals surface area contributed by atoms with Gasteiger partial charge in [0.15, 0.2) is 0 Å². The van der Waals surface area contributed by atoms with Gasteiger partial charge in [0.2, 0.25) is 0 Å². The fourth-order valence-corrected chi connectivity index (χ4v) is 2.29. The van der Waals surface area contributed by atoms with Gasteiger partial charge in [0.25, 0.3) is 0 Å². The second-order valence-corrected chi connectivity index (χ2v) is 3.98. The standard InChI is InChI=1S/C10H17N3/c11-9-6-3-7-13-10(9,12)8-4-1-2-5-8/h3,6-8,13H,1-2,4-5,11-12H2. The normalized spacial score (nSPS) is 34.4. The molecule has 2 rings (SSSR count). The van der Waals surface area contributed by atoms with Gasteiger partial charge in [0.05, 0.1) is 0 Å². The SMILES string of the molecule is NC1=CC=CNC1(N)C1CCCC1. The van der Waals surface area contributed by atoms with E-state index >= 15 is 0 Å². The lowest BCUT2D eigenvalue weighted by atomic mass is 9.87. The van der Waals surface area contributed by atoms with Crippen LogP contribution >= 0.6 is 0 Å². The quantitative estimate of drug-likeness (QED) is 0.557. The fourth-order valence-electron chi connectivity index (χ4n) is 2.29. The van der Waals surface area contributed by atoms with Crippen LogP contribution in [0.5, 0.6) is 0 Å². The minimum absolute atomic E-state index is 0.481. The molecule has 1 atom stereocenters. The highest BCUT2D eigenvalue weighted by atomic mass is 15.1. The van der Waals surface area contributed by atoms with Gasteiger partial charge in [-0.25, -0.2) is 0 Å². The lowest BCUT2D eigenvalue weighted by Gasteiger charge is -2.37. The van der Waals surface area contributed by atoms with Crippen molar-refractivity contribution in [2.24, 2.45) is 17.4 Å². The van der Waals surface area contributed by atoms with Gasteiger partial charge in [-0.1, -0.05) is 12.8 Å². The van der Waals surface area contributed by atoms with E-state index in [0.29, 0.717) is 5.92 Å². The molecule has 0 aromatic rings. The summed E-state index contributed by atoms with van der Waals surface area (Å²) in [4.78, 5) is 0. The predicted octanol–water partition coefficient (Wildman–Crippen LogP) is 0.791. The summed E-state index contributed by atoms with van der Waals surface area (Å²) in [7, 11) is 0. The highest BCUT2D eigenvalue weighted by molar-refractivity contribution is 5.27. The van der Waals surface area contributed by atoms with Gasteiger partial charge in [-0.05, 0) is 31.2 Å². The Kier molecular flexibility index (Phi) is 2.04. The number of allylic oxidation sites excluding steroid dienone is 2. The first-order valence-electron chi connectivity index (χ1n) is 4.93. The number of hydrogen-bond acceptors (Lipinski definition) is 3. The molecule has 0 radical (unpaired) electrons. The molecule has 1 fully saturated rings. The average molecular weight is 179 g/mol. The Morgan fingerprint density at radius 2 is 2.08 bits per heavy atom. The summed E-state index contributed by atoms with van der Waals surface area (Å²) >= 11 is 0. The molecule has 5 N–H and O–H groups in total. The largest absolute Gasteiger partial charge is 0.399 e. The van der Waals surface area contributed by atoms with Crippen molar-refractivity contribution >= 4 is 0 Å². The van der Waals surface area contributed by atoms with Gasteiger partial charge in [-0.2, -0.15) is 0 Å². The van der Waals surface area contributed by atoms with Crippen LogP contribution in [0.4, 0.5) is 0 Å². The number of nitrogens with one attached hydrogen (secondary N) is 1. The Balaban J connectivity index is 2.19. The van der Waals surface area contributed by atoms with Crippen molar-refractivity contribution in [3.05, 3.63) is 24.0 Å².